The molecular weight excluding hydrogens is 210 g/mol. The van der Waals surface area contributed by atoms with Gasteiger partial charge in [-0.3, -0.25) is 0 Å². The molecule has 0 radical (unpaired) electrons. The topological polar surface area (TPSA) is 23.5 Å². The molecular formula is C15H25NO. The van der Waals surface area contributed by atoms with E-state index in [4.69, 9.17) is 0 Å². The van der Waals surface area contributed by atoms with E-state index in [0.29, 0.717) is 11.8 Å². The van der Waals surface area contributed by atoms with Crippen LogP contribution in [-0.2, 0) is 6.42 Å². The van der Waals surface area contributed by atoms with Gasteiger partial charge in [-0.25, -0.2) is 0 Å². The lowest BCUT2D eigenvalue weighted by Crippen LogP contribution is -2.30. The summed E-state index contributed by atoms with van der Waals surface area (Å²) in [6.07, 6.45) is 4.79. The maximum atomic E-state index is 9.21. The third-order valence-electron chi connectivity index (χ3n) is 3.40. The van der Waals surface area contributed by atoms with Crippen LogP contribution in [0.3, 0.4) is 0 Å². The van der Waals surface area contributed by atoms with Crippen LogP contribution in [0.15, 0.2) is 24.3 Å². The Morgan fingerprint density at radius 1 is 1.24 bits per heavy atom. The Morgan fingerprint density at radius 3 is 2.47 bits per heavy atom. The third-order valence-corrected chi connectivity index (χ3v) is 3.40. The van der Waals surface area contributed by atoms with Crippen molar-refractivity contribution in [2.24, 2.45) is 0 Å². The molecule has 1 atom stereocenters. The lowest BCUT2D eigenvalue weighted by atomic mass is 10.1. The highest BCUT2D eigenvalue weighted by atomic mass is 16.3. The zero-order chi connectivity index (χ0) is 12.7. The third kappa shape index (κ3) is 5.22. The number of unbranched alkanes of at least 4 members (excludes halogenated alkanes) is 1. The first-order valence-corrected chi connectivity index (χ1v) is 6.61. The number of hydrogen-bond acceptors (Lipinski definition) is 2. The number of aromatic hydroxyl groups is 1. The Labute approximate surface area is 105 Å². The normalized spacial score (nSPS) is 12.9. The average Bonchev–Trinajstić information content (AvgIpc) is 2.34. The second-order valence-corrected chi connectivity index (χ2v) is 4.89. The molecule has 0 aliphatic carbocycles. The van der Waals surface area contributed by atoms with Crippen LogP contribution in [0.4, 0.5) is 0 Å². The molecule has 1 aromatic rings. The zero-order valence-electron chi connectivity index (χ0n) is 11.3. The first-order valence-electron chi connectivity index (χ1n) is 6.61. The van der Waals surface area contributed by atoms with Crippen LogP contribution < -0.4 is 0 Å². The highest BCUT2D eigenvalue weighted by Crippen LogP contribution is 2.13. The fourth-order valence-electron chi connectivity index (χ4n) is 1.89. The van der Waals surface area contributed by atoms with Gasteiger partial charge in [-0.15, -0.1) is 0 Å². The summed E-state index contributed by atoms with van der Waals surface area (Å²) in [6, 6.07) is 8.17. The fraction of sp³-hybridized carbons (Fsp3) is 0.600. The molecule has 2 nitrogen and oxygen atoms in total. The van der Waals surface area contributed by atoms with Crippen LogP contribution in [0.25, 0.3) is 0 Å². The minimum absolute atomic E-state index is 0.349. The maximum Gasteiger partial charge on any atom is 0.115 e. The van der Waals surface area contributed by atoms with Crippen molar-refractivity contribution < 1.29 is 5.11 Å². The summed E-state index contributed by atoms with van der Waals surface area (Å²) in [7, 11) is 2.21. The summed E-state index contributed by atoms with van der Waals surface area (Å²) < 4.78 is 0. The number of benzene rings is 1. The van der Waals surface area contributed by atoms with Gasteiger partial charge < -0.3 is 10.0 Å². The molecule has 1 rings (SSSR count). The van der Waals surface area contributed by atoms with Crippen molar-refractivity contribution in [3.63, 3.8) is 0 Å². The van der Waals surface area contributed by atoms with E-state index in [9.17, 15) is 5.11 Å². The molecule has 2 heteroatoms. The van der Waals surface area contributed by atoms with E-state index in [1.54, 1.807) is 12.1 Å². The van der Waals surface area contributed by atoms with Crippen molar-refractivity contribution in [1.82, 2.24) is 4.90 Å². The first-order chi connectivity index (χ1) is 8.13. The Hall–Kier alpha value is -1.02. The largest absolute Gasteiger partial charge is 0.508 e. The van der Waals surface area contributed by atoms with Crippen LogP contribution in [0, 0.1) is 0 Å². The minimum atomic E-state index is 0.349. The SMILES string of the molecule is CCCCN(C)C(C)CCc1ccc(O)cc1. The van der Waals surface area contributed by atoms with Gasteiger partial charge in [-0.2, -0.15) is 0 Å². The first kappa shape index (κ1) is 14.0. The quantitative estimate of drug-likeness (QED) is 0.782. The van der Waals surface area contributed by atoms with E-state index in [2.05, 4.69) is 25.8 Å². The van der Waals surface area contributed by atoms with Crippen molar-refractivity contribution in [1.29, 1.82) is 0 Å². The maximum absolute atomic E-state index is 9.21. The summed E-state index contributed by atoms with van der Waals surface area (Å²) >= 11 is 0. The zero-order valence-corrected chi connectivity index (χ0v) is 11.3. The molecule has 1 N–H and O–H groups in total. The molecule has 0 bridgehead atoms. The van der Waals surface area contributed by atoms with E-state index >= 15 is 0 Å². The van der Waals surface area contributed by atoms with Gasteiger partial charge in [0.15, 0.2) is 0 Å². The van der Waals surface area contributed by atoms with Crippen LogP contribution in [-0.4, -0.2) is 29.6 Å². The predicted octanol–water partition coefficient (Wildman–Crippen LogP) is 3.45. The van der Waals surface area contributed by atoms with Crippen molar-refractivity contribution in [2.75, 3.05) is 13.6 Å². The molecule has 0 heterocycles. The highest BCUT2D eigenvalue weighted by molar-refractivity contribution is 5.25. The van der Waals surface area contributed by atoms with Crippen molar-refractivity contribution in [3.05, 3.63) is 29.8 Å². The van der Waals surface area contributed by atoms with E-state index in [-0.39, 0.29) is 0 Å². The van der Waals surface area contributed by atoms with Gasteiger partial charge in [0.2, 0.25) is 0 Å². The number of hydrogen-bond donors (Lipinski definition) is 1. The highest BCUT2D eigenvalue weighted by Gasteiger charge is 2.08. The van der Waals surface area contributed by atoms with Gasteiger partial charge in [0.1, 0.15) is 5.75 Å². The summed E-state index contributed by atoms with van der Waals surface area (Å²) in [4.78, 5) is 2.43. The molecule has 0 spiro atoms. The fourth-order valence-corrected chi connectivity index (χ4v) is 1.89. The Bertz CT molecular complexity index is 307. The van der Waals surface area contributed by atoms with Gasteiger partial charge in [0, 0.05) is 6.04 Å². The smallest absolute Gasteiger partial charge is 0.115 e. The number of phenols is 1. The second-order valence-electron chi connectivity index (χ2n) is 4.89. The summed E-state index contributed by atoms with van der Waals surface area (Å²) in [5.74, 6) is 0.349. The number of nitrogens with zero attached hydrogens (tertiary/aromatic N) is 1. The lowest BCUT2D eigenvalue weighted by Gasteiger charge is -2.24. The molecule has 96 valence electrons. The summed E-state index contributed by atoms with van der Waals surface area (Å²) in [5, 5.41) is 9.21. The minimum Gasteiger partial charge on any atom is -0.508 e. The monoisotopic (exact) mass is 235 g/mol. The molecule has 0 fully saturated rings. The van der Waals surface area contributed by atoms with Crippen LogP contribution in [0.2, 0.25) is 0 Å². The van der Waals surface area contributed by atoms with E-state index in [0.717, 1.165) is 6.42 Å². The molecule has 1 aromatic carbocycles. The second kappa shape index (κ2) is 7.33. The van der Waals surface area contributed by atoms with Gasteiger partial charge in [0.25, 0.3) is 0 Å². The molecule has 0 saturated heterocycles. The Morgan fingerprint density at radius 2 is 1.88 bits per heavy atom. The van der Waals surface area contributed by atoms with E-state index in [1.165, 1.54) is 31.4 Å². The molecule has 0 amide bonds. The lowest BCUT2D eigenvalue weighted by molar-refractivity contribution is 0.243. The molecule has 0 aromatic heterocycles. The standard InChI is InChI=1S/C15H25NO/c1-4-5-12-16(3)13(2)6-7-14-8-10-15(17)11-9-14/h8-11,13,17H,4-7,12H2,1-3H3. The molecule has 0 aliphatic rings. The van der Waals surface area contributed by atoms with Crippen LogP contribution >= 0.6 is 0 Å². The van der Waals surface area contributed by atoms with Crippen molar-refractivity contribution in [2.45, 2.75) is 45.6 Å². The van der Waals surface area contributed by atoms with Crippen molar-refractivity contribution in [3.8, 4) is 5.75 Å². The molecule has 1 unspecified atom stereocenters. The summed E-state index contributed by atoms with van der Waals surface area (Å²) in [5.41, 5.74) is 1.30. The average molecular weight is 235 g/mol. The number of phenolic OH excluding ortho intramolecular Hbond substituents is 1. The van der Waals surface area contributed by atoms with Crippen LogP contribution in [0.1, 0.15) is 38.7 Å². The molecule has 0 aliphatic heterocycles. The van der Waals surface area contributed by atoms with E-state index < -0.39 is 0 Å². The molecule has 0 saturated carbocycles. The van der Waals surface area contributed by atoms with Gasteiger partial charge in [-0.05, 0) is 57.5 Å². The summed E-state index contributed by atoms with van der Waals surface area (Å²) in [6.45, 7) is 5.71. The Balaban J connectivity index is 2.32. The van der Waals surface area contributed by atoms with Crippen molar-refractivity contribution >= 4 is 0 Å². The van der Waals surface area contributed by atoms with Gasteiger partial charge in [0.05, 0.1) is 0 Å². The van der Waals surface area contributed by atoms with E-state index in [1.807, 2.05) is 12.1 Å². The van der Waals surface area contributed by atoms with Gasteiger partial charge in [-0.1, -0.05) is 25.5 Å². The number of aryl methyl sites for hydroxylation is 1. The predicted molar refractivity (Wildman–Crippen MR) is 73.4 cm³/mol. The van der Waals surface area contributed by atoms with Gasteiger partial charge >= 0.3 is 0 Å². The Kier molecular flexibility index (Phi) is 6.06. The van der Waals surface area contributed by atoms with Crippen LogP contribution in [0.5, 0.6) is 5.75 Å². The molecule has 17 heavy (non-hydrogen) atoms. The number of rotatable bonds is 7.